The van der Waals surface area contributed by atoms with Gasteiger partial charge in [-0.3, -0.25) is 4.98 Å². The molecule has 0 spiro atoms. The van der Waals surface area contributed by atoms with Crippen LogP contribution in [0.1, 0.15) is 23.5 Å². The average Bonchev–Trinajstić information content (AvgIpc) is 3.31. The summed E-state index contributed by atoms with van der Waals surface area (Å²) in [6, 6.07) is 14.0. The van der Waals surface area contributed by atoms with Gasteiger partial charge in [0, 0.05) is 29.3 Å². The summed E-state index contributed by atoms with van der Waals surface area (Å²) < 4.78 is 20.4. The van der Waals surface area contributed by atoms with Gasteiger partial charge in [0.05, 0.1) is 11.7 Å². The number of rotatable bonds is 6. The molecule has 1 aromatic carbocycles. The minimum atomic E-state index is -0.298. The highest BCUT2D eigenvalue weighted by Gasteiger charge is 2.41. The van der Waals surface area contributed by atoms with Crippen molar-refractivity contribution in [3.8, 4) is 11.3 Å². The molecule has 1 aliphatic heterocycles. The van der Waals surface area contributed by atoms with Crippen LogP contribution in [0.2, 0.25) is 0 Å². The molecule has 0 unspecified atom stereocenters. The van der Waals surface area contributed by atoms with Gasteiger partial charge >= 0.3 is 0 Å². The molecule has 4 rings (SSSR count). The third kappa shape index (κ3) is 4.26. The Kier molecular flexibility index (Phi) is 6.17. The van der Waals surface area contributed by atoms with E-state index in [1.807, 2.05) is 44.4 Å². The van der Waals surface area contributed by atoms with Crippen LogP contribution in [0.15, 0.2) is 63.6 Å². The molecule has 0 radical (unpaired) electrons. The maximum atomic E-state index is 13.5. The van der Waals surface area contributed by atoms with Gasteiger partial charge in [-0.15, -0.1) is 0 Å². The minimum absolute atomic E-state index is 0.128. The Bertz CT molecular complexity index is 1040. The fourth-order valence-electron chi connectivity index (χ4n) is 3.61. The number of likely N-dealkylation sites (N-methyl/N-ethyl adjacent to an activating group) is 1. The van der Waals surface area contributed by atoms with Crippen molar-refractivity contribution in [3.05, 3.63) is 76.5 Å². The molecule has 1 fully saturated rings. The number of benzene rings is 1. The van der Waals surface area contributed by atoms with Crippen molar-refractivity contribution in [2.75, 3.05) is 27.2 Å². The summed E-state index contributed by atoms with van der Waals surface area (Å²) in [6.07, 6.45) is 1.78. The van der Waals surface area contributed by atoms with Gasteiger partial charge < -0.3 is 19.5 Å². The summed E-state index contributed by atoms with van der Waals surface area (Å²) in [5.41, 5.74) is 1.70. The molecule has 1 saturated heterocycles. The highest BCUT2D eigenvalue weighted by molar-refractivity contribution is 9.10. The molecule has 2 aromatic heterocycles. The molecule has 2 atom stereocenters. The zero-order valence-corrected chi connectivity index (χ0v) is 19.1. The number of nitrogens with zero attached hydrogens (tertiary/aromatic N) is 3. The maximum Gasteiger partial charge on any atom is 0.170 e. The molecule has 8 heteroatoms. The smallest absolute Gasteiger partial charge is 0.170 e. The number of halogens is 2. The summed E-state index contributed by atoms with van der Waals surface area (Å²) >= 11 is 9.09. The van der Waals surface area contributed by atoms with E-state index in [1.54, 1.807) is 12.3 Å². The first kappa shape index (κ1) is 21.0. The summed E-state index contributed by atoms with van der Waals surface area (Å²) in [4.78, 5) is 8.81. The second-order valence-corrected chi connectivity index (χ2v) is 8.69. The van der Waals surface area contributed by atoms with Gasteiger partial charge in [-0.05, 0) is 84.7 Å². The van der Waals surface area contributed by atoms with Crippen molar-refractivity contribution in [1.29, 1.82) is 0 Å². The number of furan rings is 1. The molecule has 30 heavy (non-hydrogen) atoms. The molecule has 156 valence electrons. The van der Waals surface area contributed by atoms with Gasteiger partial charge in [0.25, 0.3) is 0 Å². The SMILES string of the molecule is CN(C)CCN1C(=S)N[C@H](c2ccccn2)[C@H]1c1ccc(-c2ccc(F)cc2Br)o1. The zero-order chi connectivity index (χ0) is 21.3. The van der Waals surface area contributed by atoms with Gasteiger partial charge in [-0.1, -0.05) is 6.07 Å². The van der Waals surface area contributed by atoms with Crippen LogP contribution >= 0.6 is 28.1 Å². The van der Waals surface area contributed by atoms with E-state index in [2.05, 4.69) is 36.0 Å². The van der Waals surface area contributed by atoms with Gasteiger partial charge in [0.2, 0.25) is 0 Å². The second kappa shape index (κ2) is 8.83. The first-order chi connectivity index (χ1) is 14.4. The predicted molar refractivity (Wildman–Crippen MR) is 123 cm³/mol. The number of aromatic nitrogens is 1. The van der Waals surface area contributed by atoms with E-state index in [9.17, 15) is 4.39 Å². The largest absolute Gasteiger partial charge is 0.459 e. The van der Waals surface area contributed by atoms with E-state index in [-0.39, 0.29) is 17.9 Å². The molecule has 1 aliphatic rings. The van der Waals surface area contributed by atoms with Crippen molar-refractivity contribution in [1.82, 2.24) is 20.1 Å². The molecule has 0 aliphatic carbocycles. The quantitative estimate of drug-likeness (QED) is 0.503. The summed E-state index contributed by atoms with van der Waals surface area (Å²) in [5, 5.41) is 4.10. The first-order valence-corrected chi connectivity index (χ1v) is 10.8. The molecule has 1 N–H and O–H groups in total. The van der Waals surface area contributed by atoms with E-state index >= 15 is 0 Å². The predicted octanol–water partition coefficient (Wildman–Crippen LogP) is 4.78. The van der Waals surface area contributed by atoms with E-state index in [0.29, 0.717) is 15.3 Å². The lowest BCUT2D eigenvalue weighted by atomic mass is 10.0. The molecule has 5 nitrogen and oxygen atoms in total. The van der Waals surface area contributed by atoms with Crippen molar-refractivity contribution >= 4 is 33.3 Å². The Labute approximate surface area is 189 Å². The van der Waals surface area contributed by atoms with Crippen LogP contribution in [0.25, 0.3) is 11.3 Å². The fraction of sp³-hybridized carbons (Fsp3) is 0.273. The Morgan fingerprint density at radius 1 is 1.23 bits per heavy atom. The van der Waals surface area contributed by atoms with Crippen LogP contribution in [-0.2, 0) is 0 Å². The van der Waals surface area contributed by atoms with Crippen LogP contribution in [0.3, 0.4) is 0 Å². The third-order valence-electron chi connectivity index (χ3n) is 5.10. The number of hydrogen-bond acceptors (Lipinski definition) is 4. The molecular weight excluding hydrogens is 467 g/mol. The number of pyridine rings is 1. The van der Waals surface area contributed by atoms with Crippen LogP contribution in [-0.4, -0.2) is 47.1 Å². The minimum Gasteiger partial charge on any atom is -0.459 e. The average molecular weight is 489 g/mol. The number of nitrogens with one attached hydrogen (secondary N) is 1. The van der Waals surface area contributed by atoms with Crippen molar-refractivity contribution in [3.63, 3.8) is 0 Å². The summed E-state index contributed by atoms with van der Waals surface area (Å²) in [7, 11) is 4.07. The second-order valence-electron chi connectivity index (χ2n) is 7.45. The third-order valence-corrected chi connectivity index (χ3v) is 6.11. The molecule has 0 saturated carbocycles. The van der Waals surface area contributed by atoms with Crippen LogP contribution in [0, 0.1) is 5.82 Å². The number of thiocarbonyl (C=S) groups is 1. The lowest BCUT2D eigenvalue weighted by Gasteiger charge is -2.27. The van der Waals surface area contributed by atoms with E-state index < -0.39 is 0 Å². The molecule has 3 heterocycles. The number of hydrogen-bond donors (Lipinski definition) is 1. The summed E-state index contributed by atoms with van der Waals surface area (Å²) in [5.74, 6) is 1.15. The lowest BCUT2D eigenvalue weighted by molar-refractivity contribution is 0.250. The monoisotopic (exact) mass is 488 g/mol. The molecule has 0 bridgehead atoms. The molecular formula is C22H22BrFN4OS. The van der Waals surface area contributed by atoms with Gasteiger partial charge in [-0.2, -0.15) is 0 Å². The molecule has 0 amide bonds. The molecule has 3 aromatic rings. The first-order valence-electron chi connectivity index (χ1n) is 9.62. The Morgan fingerprint density at radius 3 is 2.77 bits per heavy atom. The van der Waals surface area contributed by atoms with Gasteiger partial charge in [0.1, 0.15) is 23.4 Å². The Morgan fingerprint density at radius 2 is 2.07 bits per heavy atom. The highest BCUT2D eigenvalue weighted by atomic mass is 79.9. The van der Waals surface area contributed by atoms with Crippen LogP contribution < -0.4 is 5.32 Å². The van der Waals surface area contributed by atoms with Crippen LogP contribution in [0.4, 0.5) is 4.39 Å². The van der Waals surface area contributed by atoms with Gasteiger partial charge in [0.15, 0.2) is 5.11 Å². The van der Waals surface area contributed by atoms with E-state index in [1.165, 1.54) is 12.1 Å². The lowest BCUT2D eigenvalue weighted by Crippen LogP contribution is -2.35. The van der Waals surface area contributed by atoms with E-state index in [4.69, 9.17) is 16.6 Å². The van der Waals surface area contributed by atoms with Crippen molar-refractivity contribution in [2.45, 2.75) is 12.1 Å². The van der Waals surface area contributed by atoms with Crippen LogP contribution in [0.5, 0.6) is 0 Å². The van der Waals surface area contributed by atoms with E-state index in [0.717, 1.165) is 30.1 Å². The highest BCUT2D eigenvalue weighted by Crippen LogP contribution is 2.41. The zero-order valence-electron chi connectivity index (χ0n) is 16.7. The Hall–Kier alpha value is -2.29. The van der Waals surface area contributed by atoms with Gasteiger partial charge in [-0.25, -0.2) is 4.39 Å². The Balaban J connectivity index is 1.71. The maximum absolute atomic E-state index is 13.5. The summed E-state index contributed by atoms with van der Waals surface area (Å²) in [6.45, 7) is 1.60. The topological polar surface area (TPSA) is 44.5 Å². The fourth-order valence-corrected chi connectivity index (χ4v) is 4.49. The normalized spacial score (nSPS) is 18.8. The van der Waals surface area contributed by atoms with Crippen molar-refractivity contribution in [2.24, 2.45) is 0 Å². The standard InChI is InChI=1S/C22H22BrFN4OS/c1-27(2)11-12-28-21(20(26-22(28)30)17-5-3-4-10-25-17)19-9-8-18(29-19)15-7-6-14(24)13-16(15)23/h3-10,13,20-21H,11-12H2,1-2H3,(H,26,30)/t20-,21-/m1/s1. The van der Waals surface area contributed by atoms with Crippen molar-refractivity contribution < 1.29 is 8.81 Å².